The molecule has 0 aliphatic heterocycles. The maximum Gasteiger partial charge on any atom is 0.112 e. The third-order valence-corrected chi connectivity index (χ3v) is 4.99. The quantitative estimate of drug-likeness (QED) is 0.737. The van der Waals surface area contributed by atoms with Crippen molar-refractivity contribution >= 4 is 34.5 Å². The van der Waals surface area contributed by atoms with Crippen molar-refractivity contribution in [1.29, 1.82) is 0 Å². The Hall–Kier alpha value is 0.240. The molecular formula is C10H13Cl2NS. The Kier molecular flexibility index (Phi) is 3.08. The van der Waals surface area contributed by atoms with Gasteiger partial charge in [0.15, 0.2) is 0 Å². The van der Waals surface area contributed by atoms with Gasteiger partial charge in [0.1, 0.15) is 4.34 Å². The molecule has 4 heteroatoms. The molecule has 1 unspecified atom stereocenters. The van der Waals surface area contributed by atoms with Gasteiger partial charge in [0.25, 0.3) is 0 Å². The molecule has 0 amide bonds. The maximum absolute atomic E-state index is 6.16. The summed E-state index contributed by atoms with van der Waals surface area (Å²) in [5.74, 6) is 0. The number of likely N-dealkylation sites (N-methyl/N-ethyl adjacent to an activating group) is 1. The van der Waals surface area contributed by atoms with Crippen molar-refractivity contribution in [2.45, 2.75) is 25.3 Å². The second kappa shape index (κ2) is 4.01. The van der Waals surface area contributed by atoms with E-state index in [1.54, 1.807) is 11.3 Å². The molecule has 0 radical (unpaired) electrons. The third-order valence-electron chi connectivity index (χ3n) is 2.86. The zero-order valence-electron chi connectivity index (χ0n) is 8.31. The van der Waals surface area contributed by atoms with Crippen LogP contribution in [-0.4, -0.2) is 25.0 Å². The van der Waals surface area contributed by atoms with Crippen molar-refractivity contribution in [3.63, 3.8) is 0 Å². The lowest BCUT2D eigenvalue weighted by molar-refractivity contribution is 0.269. The first kappa shape index (κ1) is 10.7. The molecular weight excluding hydrogens is 237 g/mol. The van der Waals surface area contributed by atoms with Crippen molar-refractivity contribution in [3.8, 4) is 0 Å². The van der Waals surface area contributed by atoms with Gasteiger partial charge in [-0.3, -0.25) is 0 Å². The number of thiophene rings is 1. The molecule has 1 heterocycles. The van der Waals surface area contributed by atoms with Crippen molar-refractivity contribution in [2.75, 3.05) is 14.1 Å². The fourth-order valence-corrected chi connectivity index (χ4v) is 3.65. The predicted molar refractivity (Wildman–Crippen MR) is 63.8 cm³/mol. The van der Waals surface area contributed by atoms with Gasteiger partial charge in [-0.15, -0.1) is 11.3 Å². The van der Waals surface area contributed by atoms with Gasteiger partial charge in [0.2, 0.25) is 0 Å². The summed E-state index contributed by atoms with van der Waals surface area (Å²) in [5, 5.41) is 0.790. The summed E-state index contributed by atoms with van der Waals surface area (Å²) in [6.07, 6.45) is 3.38. The number of hydrogen-bond acceptors (Lipinski definition) is 2. The molecule has 1 atom stereocenters. The first-order chi connectivity index (χ1) is 6.59. The van der Waals surface area contributed by atoms with Gasteiger partial charge in [-0.2, -0.15) is 0 Å². The van der Waals surface area contributed by atoms with E-state index in [0.717, 1.165) is 22.2 Å². The third kappa shape index (κ3) is 1.81. The smallest absolute Gasteiger partial charge is 0.112 e. The molecule has 1 aromatic heterocycles. The summed E-state index contributed by atoms with van der Waals surface area (Å²) in [4.78, 5) is 3.66. The zero-order chi connectivity index (χ0) is 10.3. The van der Waals surface area contributed by atoms with Crippen molar-refractivity contribution in [1.82, 2.24) is 4.90 Å². The van der Waals surface area contributed by atoms with Crippen LogP contribution in [-0.2, 0) is 12.8 Å². The van der Waals surface area contributed by atoms with Crippen LogP contribution in [0.2, 0.25) is 9.36 Å². The molecule has 0 saturated carbocycles. The largest absolute Gasteiger partial charge is 0.306 e. The van der Waals surface area contributed by atoms with Crippen LogP contribution in [0.15, 0.2) is 0 Å². The minimum atomic E-state index is 0.616. The van der Waals surface area contributed by atoms with Crippen LogP contribution < -0.4 is 0 Å². The fraction of sp³-hybridized carbons (Fsp3) is 0.600. The van der Waals surface area contributed by atoms with Crippen LogP contribution in [0, 0.1) is 0 Å². The van der Waals surface area contributed by atoms with Crippen molar-refractivity contribution < 1.29 is 0 Å². The number of nitrogens with zero attached hydrogens (tertiary/aromatic N) is 1. The monoisotopic (exact) mass is 249 g/mol. The van der Waals surface area contributed by atoms with Crippen LogP contribution in [0.25, 0.3) is 0 Å². The van der Waals surface area contributed by atoms with Crippen LogP contribution in [0.5, 0.6) is 0 Å². The normalized spacial score (nSPS) is 21.4. The van der Waals surface area contributed by atoms with Gasteiger partial charge in [-0.05, 0) is 38.9 Å². The Labute approximate surface area is 98.6 Å². The molecule has 14 heavy (non-hydrogen) atoms. The Morgan fingerprint density at radius 1 is 1.36 bits per heavy atom. The van der Waals surface area contributed by atoms with Crippen LogP contribution >= 0.6 is 34.5 Å². The lowest BCUT2D eigenvalue weighted by atomic mass is 9.94. The van der Waals surface area contributed by atoms with Gasteiger partial charge < -0.3 is 4.90 Å². The summed E-state index contributed by atoms with van der Waals surface area (Å²) in [6.45, 7) is 0. The molecule has 0 fully saturated rings. The van der Waals surface area contributed by atoms with Crippen molar-refractivity contribution in [3.05, 3.63) is 19.8 Å². The first-order valence-electron chi connectivity index (χ1n) is 4.71. The summed E-state index contributed by atoms with van der Waals surface area (Å²) in [5.41, 5.74) is 1.28. The van der Waals surface area contributed by atoms with E-state index in [-0.39, 0.29) is 0 Å². The molecule has 1 aliphatic carbocycles. The second-order valence-electron chi connectivity index (χ2n) is 3.95. The van der Waals surface area contributed by atoms with E-state index < -0.39 is 0 Å². The average Bonchev–Trinajstić information content (AvgIpc) is 2.43. The Bertz CT molecular complexity index is 346. The zero-order valence-corrected chi connectivity index (χ0v) is 10.6. The van der Waals surface area contributed by atoms with Gasteiger partial charge >= 0.3 is 0 Å². The Morgan fingerprint density at radius 2 is 2.07 bits per heavy atom. The number of halogens is 2. The van der Waals surface area contributed by atoms with E-state index >= 15 is 0 Å². The van der Waals surface area contributed by atoms with Crippen molar-refractivity contribution in [2.24, 2.45) is 0 Å². The first-order valence-corrected chi connectivity index (χ1v) is 6.28. The molecule has 0 N–H and O–H groups in total. The topological polar surface area (TPSA) is 3.24 Å². The van der Waals surface area contributed by atoms with Crippen LogP contribution in [0.1, 0.15) is 16.9 Å². The van der Waals surface area contributed by atoms with Gasteiger partial charge in [0.05, 0.1) is 5.02 Å². The highest BCUT2D eigenvalue weighted by Crippen LogP contribution is 2.41. The number of fused-ring (bicyclic) bond motifs is 1. The summed E-state index contributed by atoms with van der Waals surface area (Å²) in [7, 11) is 4.25. The van der Waals surface area contributed by atoms with E-state index in [0.29, 0.717) is 6.04 Å². The fourth-order valence-electron chi connectivity index (χ4n) is 1.94. The minimum absolute atomic E-state index is 0.616. The summed E-state index contributed by atoms with van der Waals surface area (Å²) in [6, 6.07) is 0.616. The highest BCUT2D eigenvalue weighted by atomic mass is 35.5. The molecule has 0 spiro atoms. The molecule has 0 aromatic carbocycles. The summed E-state index contributed by atoms with van der Waals surface area (Å²) >= 11 is 13.8. The van der Waals surface area contributed by atoms with E-state index in [9.17, 15) is 0 Å². The van der Waals surface area contributed by atoms with Gasteiger partial charge in [-0.25, -0.2) is 0 Å². The number of rotatable bonds is 1. The van der Waals surface area contributed by atoms with Gasteiger partial charge in [-0.1, -0.05) is 23.2 Å². The highest BCUT2D eigenvalue weighted by molar-refractivity contribution is 7.17. The summed E-state index contributed by atoms with van der Waals surface area (Å²) < 4.78 is 0.760. The van der Waals surface area contributed by atoms with Crippen LogP contribution in [0.3, 0.4) is 0 Å². The standard InChI is InChI=1S/C10H13Cl2NS/c1-13(2)6-3-4-8-7(5-6)9(11)10(12)14-8/h6H,3-5H2,1-2H3. The molecule has 78 valence electrons. The lowest BCUT2D eigenvalue weighted by Crippen LogP contribution is -2.33. The lowest BCUT2D eigenvalue weighted by Gasteiger charge is -2.28. The molecule has 1 nitrogen and oxygen atoms in total. The molecule has 0 saturated heterocycles. The molecule has 1 aliphatic rings. The average molecular weight is 250 g/mol. The van der Waals surface area contributed by atoms with E-state index in [4.69, 9.17) is 23.2 Å². The molecule has 0 bridgehead atoms. The minimum Gasteiger partial charge on any atom is -0.306 e. The Balaban J connectivity index is 2.29. The van der Waals surface area contributed by atoms with Crippen LogP contribution in [0.4, 0.5) is 0 Å². The molecule has 2 rings (SSSR count). The maximum atomic E-state index is 6.16. The molecule has 1 aromatic rings. The van der Waals surface area contributed by atoms with E-state index in [2.05, 4.69) is 19.0 Å². The number of aryl methyl sites for hydroxylation is 1. The number of hydrogen-bond donors (Lipinski definition) is 0. The Morgan fingerprint density at radius 3 is 2.71 bits per heavy atom. The predicted octanol–water partition coefficient (Wildman–Crippen LogP) is 3.47. The van der Waals surface area contributed by atoms with E-state index in [1.165, 1.54) is 16.9 Å². The van der Waals surface area contributed by atoms with E-state index in [1.807, 2.05) is 0 Å². The SMILES string of the molecule is CN(C)C1CCc2sc(Cl)c(Cl)c2C1. The highest BCUT2D eigenvalue weighted by Gasteiger charge is 2.25. The second-order valence-corrected chi connectivity index (χ2v) is 6.04. The van der Waals surface area contributed by atoms with Gasteiger partial charge in [0, 0.05) is 10.9 Å².